The van der Waals surface area contributed by atoms with E-state index in [4.69, 9.17) is 9.47 Å². The number of benzene rings is 2. The number of ether oxygens (including phenoxy) is 2. The van der Waals surface area contributed by atoms with Crippen molar-refractivity contribution in [3.8, 4) is 28.3 Å². The summed E-state index contributed by atoms with van der Waals surface area (Å²) in [6.07, 6.45) is 6.73. The Labute approximate surface area is 189 Å². The molecule has 3 atom stereocenters. The second-order valence-corrected chi connectivity index (χ2v) is 8.58. The Morgan fingerprint density at radius 2 is 1.72 bits per heavy atom. The standard InChI is InChI=1S/C26H31N3O3/c1-17-7-5-8-21(18(17)2)28-26(30)22-15-27-16-29(22)20-13-11-19(12-14-20)25-23(31-3)9-6-10-24(25)32-4/h6,9-18,21H,5,7-8H2,1-4H3,(H,28,30)/t17-,18-,21+/m0/s1. The molecule has 1 amide bonds. The highest BCUT2D eigenvalue weighted by atomic mass is 16.5. The lowest BCUT2D eigenvalue weighted by atomic mass is 9.78. The number of methoxy groups -OCH3 is 2. The Kier molecular flexibility index (Phi) is 6.49. The van der Waals surface area contributed by atoms with Gasteiger partial charge in [-0.2, -0.15) is 0 Å². The van der Waals surface area contributed by atoms with Crippen molar-refractivity contribution < 1.29 is 14.3 Å². The van der Waals surface area contributed by atoms with Gasteiger partial charge >= 0.3 is 0 Å². The van der Waals surface area contributed by atoms with Gasteiger partial charge in [-0.15, -0.1) is 0 Å². The number of aromatic nitrogens is 2. The van der Waals surface area contributed by atoms with Crippen LogP contribution in [0, 0.1) is 11.8 Å². The first-order valence-electron chi connectivity index (χ1n) is 11.2. The molecule has 2 aromatic carbocycles. The Morgan fingerprint density at radius 3 is 2.38 bits per heavy atom. The molecule has 0 spiro atoms. The molecule has 6 heteroatoms. The predicted molar refractivity (Wildman–Crippen MR) is 126 cm³/mol. The van der Waals surface area contributed by atoms with E-state index in [1.807, 2.05) is 47.0 Å². The maximum Gasteiger partial charge on any atom is 0.270 e. The number of hydrogen-bond donors (Lipinski definition) is 1. The molecule has 32 heavy (non-hydrogen) atoms. The second-order valence-electron chi connectivity index (χ2n) is 8.58. The van der Waals surface area contributed by atoms with Crippen molar-refractivity contribution in [3.63, 3.8) is 0 Å². The number of carbonyl (C=O) groups excluding carboxylic acids is 1. The third-order valence-electron chi connectivity index (χ3n) is 6.76. The van der Waals surface area contributed by atoms with Gasteiger partial charge in [0.2, 0.25) is 0 Å². The first kappa shape index (κ1) is 21.9. The van der Waals surface area contributed by atoms with Gasteiger partial charge in [0.15, 0.2) is 0 Å². The van der Waals surface area contributed by atoms with Crippen LogP contribution in [-0.2, 0) is 0 Å². The zero-order valence-electron chi connectivity index (χ0n) is 19.2. The van der Waals surface area contributed by atoms with E-state index < -0.39 is 0 Å². The summed E-state index contributed by atoms with van der Waals surface area (Å²) < 4.78 is 12.9. The fourth-order valence-electron chi connectivity index (χ4n) is 4.62. The third-order valence-corrected chi connectivity index (χ3v) is 6.76. The Balaban J connectivity index is 1.58. The van der Waals surface area contributed by atoms with Crippen LogP contribution < -0.4 is 14.8 Å². The molecule has 1 aliphatic carbocycles. The molecule has 0 unspecified atom stereocenters. The van der Waals surface area contributed by atoms with E-state index in [0.717, 1.165) is 41.2 Å². The summed E-state index contributed by atoms with van der Waals surface area (Å²) in [6, 6.07) is 13.9. The number of nitrogens with one attached hydrogen (secondary N) is 1. The van der Waals surface area contributed by atoms with Crippen LogP contribution in [0.15, 0.2) is 55.0 Å². The van der Waals surface area contributed by atoms with Gasteiger partial charge in [0.25, 0.3) is 5.91 Å². The lowest BCUT2D eigenvalue weighted by Gasteiger charge is -2.34. The molecule has 0 aliphatic heterocycles. The largest absolute Gasteiger partial charge is 0.496 e. The minimum Gasteiger partial charge on any atom is -0.496 e. The fourth-order valence-corrected chi connectivity index (χ4v) is 4.62. The molecular formula is C26H31N3O3. The molecule has 1 saturated carbocycles. The van der Waals surface area contributed by atoms with Crippen molar-refractivity contribution in [2.75, 3.05) is 14.2 Å². The van der Waals surface area contributed by atoms with E-state index in [0.29, 0.717) is 17.5 Å². The predicted octanol–water partition coefficient (Wildman–Crippen LogP) is 5.11. The van der Waals surface area contributed by atoms with Crippen molar-refractivity contribution in [1.29, 1.82) is 0 Å². The third kappa shape index (κ3) is 4.22. The average Bonchev–Trinajstić information content (AvgIpc) is 3.31. The van der Waals surface area contributed by atoms with E-state index in [1.165, 1.54) is 6.42 Å². The molecule has 0 bridgehead atoms. The monoisotopic (exact) mass is 433 g/mol. The molecule has 0 saturated heterocycles. The average molecular weight is 434 g/mol. The van der Waals surface area contributed by atoms with E-state index in [1.54, 1.807) is 26.7 Å². The van der Waals surface area contributed by atoms with Crippen LogP contribution in [0.1, 0.15) is 43.6 Å². The van der Waals surface area contributed by atoms with Gasteiger partial charge in [0.1, 0.15) is 17.2 Å². The second kappa shape index (κ2) is 9.47. The Morgan fingerprint density at radius 1 is 1.03 bits per heavy atom. The smallest absolute Gasteiger partial charge is 0.270 e. The Hall–Kier alpha value is -3.28. The molecule has 6 nitrogen and oxygen atoms in total. The van der Waals surface area contributed by atoms with Crippen LogP contribution in [0.2, 0.25) is 0 Å². The fraction of sp³-hybridized carbons (Fsp3) is 0.385. The Bertz CT molecular complexity index is 1050. The van der Waals surface area contributed by atoms with Crippen molar-refractivity contribution in [2.24, 2.45) is 11.8 Å². The van der Waals surface area contributed by atoms with Crippen LogP contribution in [0.25, 0.3) is 16.8 Å². The van der Waals surface area contributed by atoms with Gasteiger partial charge in [0, 0.05) is 11.7 Å². The van der Waals surface area contributed by atoms with Crippen LogP contribution >= 0.6 is 0 Å². The normalized spacial score (nSPS) is 20.6. The molecule has 3 aromatic rings. The SMILES string of the molecule is COc1cccc(OC)c1-c1ccc(-n2cncc2C(=O)N[C@@H]2CCC[C@H](C)[C@@H]2C)cc1. The molecule has 1 aliphatic rings. The van der Waals surface area contributed by atoms with Crippen LogP contribution in [0.4, 0.5) is 0 Å². The number of rotatable bonds is 6. The number of imidazole rings is 1. The lowest BCUT2D eigenvalue weighted by Crippen LogP contribution is -2.44. The van der Waals surface area contributed by atoms with Crippen molar-refractivity contribution in [2.45, 2.75) is 39.2 Å². The van der Waals surface area contributed by atoms with Crippen LogP contribution in [0.5, 0.6) is 11.5 Å². The number of hydrogen-bond acceptors (Lipinski definition) is 4. The molecular weight excluding hydrogens is 402 g/mol. The summed E-state index contributed by atoms with van der Waals surface area (Å²) in [5.41, 5.74) is 3.28. The van der Waals surface area contributed by atoms with Crippen molar-refractivity contribution >= 4 is 5.91 Å². The summed E-state index contributed by atoms with van der Waals surface area (Å²) in [4.78, 5) is 17.3. The van der Waals surface area contributed by atoms with E-state index in [-0.39, 0.29) is 11.9 Å². The summed E-state index contributed by atoms with van der Waals surface area (Å²) in [6.45, 7) is 4.50. The van der Waals surface area contributed by atoms with Gasteiger partial charge in [-0.05, 0) is 48.1 Å². The minimum absolute atomic E-state index is 0.0797. The van der Waals surface area contributed by atoms with Crippen LogP contribution in [0.3, 0.4) is 0 Å². The van der Waals surface area contributed by atoms with Crippen molar-refractivity contribution in [1.82, 2.24) is 14.9 Å². The zero-order chi connectivity index (χ0) is 22.7. The van der Waals surface area contributed by atoms with E-state index in [2.05, 4.69) is 24.1 Å². The number of nitrogens with zero attached hydrogens (tertiary/aromatic N) is 2. The number of amides is 1. The van der Waals surface area contributed by atoms with Crippen molar-refractivity contribution in [3.05, 3.63) is 60.7 Å². The number of carbonyl (C=O) groups is 1. The molecule has 0 radical (unpaired) electrons. The summed E-state index contributed by atoms with van der Waals surface area (Å²) in [7, 11) is 3.30. The van der Waals surface area contributed by atoms with E-state index >= 15 is 0 Å². The van der Waals surface area contributed by atoms with Gasteiger partial charge in [-0.25, -0.2) is 4.98 Å². The molecule has 168 valence electrons. The first-order valence-corrected chi connectivity index (χ1v) is 11.2. The van der Waals surface area contributed by atoms with Gasteiger partial charge < -0.3 is 14.8 Å². The first-order chi connectivity index (χ1) is 15.5. The van der Waals surface area contributed by atoms with E-state index in [9.17, 15) is 4.79 Å². The van der Waals surface area contributed by atoms with Gasteiger partial charge in [-0.1, -0.05) is 44.9 Å². The lowest BCUT2D eigenvalue weighted by molar-refractivity contribution is 0.0884. The maximum absolute atomic E-state index is 13.1. The highest BCUT2D eigenvalue weighted by Crippen LogP contribution is 2.38. The highest BCUT2D eigenvalue weighted by molar-refractivity contribution is 5.93. The van der Waals surface area contributed by atoms with Gasteiger partial charge in [0.05, 0.1) is 32.3 Å². The summed E-state index contributed by atoms with van der Waals surface area (Å²) in [5.74, 6) is 2.51. The van der Waals surface area contributed by atoms with Gasteiger partial charge in [-0.3, -0.25) is 9.36 Å². The highest BCUT2D eigenvalue weighted by Gasteiger charge is 2.29. The molecule has 4 rings (SSSR count). The molecule has 1 fully saturated rings. The van der Waals surface area contributed by atoms with Crippen LogP contribution in [-0.4, -0.2) is 35.7 Å². The summed E-state index contributed by atoms with van der Waals surface area (Å²) in [5, 5.41) is 3.25. The summed E-state index contributed by atoms with van der Waals surface area (Å²) >= 11 is 0. The molecule has 1 heterocycles. The zero-order valence-corrected chi connectivity index (χ0v) is 19.2. The molecule has 1 N–H and O–H groups in total. The topological polar surface area (TPSA) is 65.4 Å². The maximum atomic E-state index is 13.1. The minimum atomic E-state index is -0.0797. The quantitative estimate of drug-likeness (QED) is 0.587. The molecule has 1 aromatic heterocycles.